The second-order valence-corrected chi connectivity index (χ2v) is 9.95. The molecule has 0 heterocycles. The summed E-state index contributed by atoms with van der Waals surface area (Å²) in [5.74, 6) is 0.268. The molecule has 1 atom stereocenters. The topological polar surface area (TPSA) is 120 Å². The van der Waals surface area contributed by atoms with Crippen molar-refractivity contribution in [3.63, 3.8) is 0 Å². The molecule has 10 heteroatoms. The number of amides is 2. The molecule has 0 radical (unpaired) electrons. The van der Waals surface area contributed by atoms with Gasteiger partial charge in [0.1, 0.15) is 17.5 Å². The number of benzene rings is 3. The Morgan fingerprint density at radius 2 is 1.68 bits per heavy atom. The smallest absolute Gasteiger partial charge is 0.311 e. The number of rotatable bonds is 13. The van der Waals surface area contributed by atoms with Crippen LogP contribution in [0.15, 0.2) is 72.8 Å². The van der Waals surface area contributed by atoms with Gasteiger partial charge in [-0.05, 0) is 42.2 Å². The van der Waals surface area contributed by atoms with Gasteiger partial charge in [-0.25, -0.2) is 0 Å². The summed E-state index contributed by atoms with van der Waals surface area (Å²) in [6.45, 7) is -0.231. The number of carbonyl (C=O) groups is 2. The van der Waals surface area contributed by atoms with Crippen molar-refractivity contribution in [2.75, 3.05) is 20.8 Å². The summed E-state index contributed by atoms with van der Waals surface area (Å²) in [6, 6.07) is 20.3. The van der Waals surface area contributed by atoms with Crippen molar-refractivity contribution in [3.8, 4) is 17.2 Å². The Bertz CT molecular complexity index is 1340. The molecule has 4 rings (SSSR count). The lowest BCUT2D eigenvalue weighted by Gasteiger charge is -2.32. The molecule has 0 aromatic heterocycles. The lowest BCUT2D eigenvalue weighted by atomic mass is 10.0. The molecular weight excluding hydrogens is 526 g/mol. The summed E-state index contributed by atoms with van der Waals surface area (Å²) in [7, 11) is 2.89. The minimum atomic E-state index is -0.799. The van der Waals surface area contributed by atoms with Crippen molar-refractivity contribution in [1.29, 1.82) is 0 Å². The molecule has 0 unspecified atom stereocenters. The first-order valence-corrected chi connectivity index (χ1v) is 13.6. The Hall–Kier alpha value is -4.60. The lowest BCUT2D eigenvalue weighted by Crippen LogP contribution is -2.53. The zero-order chi connectivity index (χ0) is 29.2. The number of nitrogens with one attached hydrogen (secondary N) is 1. The molecule has 1 N–H and O–H groups in total. The van der Waals surface area contributed by atoms with Crippen LogP contribution in [0, 0.1) is 10.1 Å². The molecule has 216 valence electrons. The molecule has 3 aromatic carbocycles. The van der Waals surface area contributed by atoms with Crippen LogP contribution in [0.4, 0.5) is 5.69 Å². The Kier molecular flexibility index (Phi) is 10.1. The highest BCUT2D eigenvalue weighted by molar-refractivity contribution is 5.88. The Balaban J connectivity index is 1.62. The third kappa shape index (κ3) is 7.97. The number of nitro groups is 1. The van der Waals surface area contributed by atoms with E-state index < -0.39 is 16.9 Å². The third-order valence-corrected chi connectivity index (χ3v) is 7.17. The number of nitro benzene ring substituents is 1. The van der Waals surface area contributed by atoms with E-state index in [1.54, 1.807) is 7.11 Å². The molecule has 0 saturated heterocycles. The van der Waals surface area contributed by atoms with Crippen LogP contribution >= 0.6 is 0 Å². The maximum absolute atomic E-state index is 13.8. The molecule has 1 aliphatic carbocycles. The third-order valence-electron chi connectivity index (χ3n) is 7.17. The Morgan fingerprint density at radius 3 is 2.37 bits per heavy atom. The standard InChI is InChI=1S/C31H35N3O7/c1-39-25-14-8-11-23(17-25)20-33(30(35)21-41-26-15-16-27(34(37)38)29(19-26)40-2)28(18-22-9-4-3-5-10-22)31(36)32-24-12-6-7-13-24/h3-5,8-11,14-17,19,24,28H,6-7,12-13,18,20-21H2,1-2H3,(H,32,36)/t28-/m1/s1. The number of methoxy groups -OCH3 is 2. The van der Waals surface area contributed by atoms with Gasteiger partial charge < -0.3 is 24.4 Å². The van der Waals surface area contributed by atoms with Crippen molar-refractivity contribution < 1.29 is 28.7 Å². The van der Waals surface area contributed by atoms with Gasteiger partial charge >= 0.3 is 5.69 Å². The SMILES string of the molecule is COc1cccc(CN(C(=O)COc2ccc([N+](=O)[O-])c(OC)c2)[C@H](Cc2ccccc2)C(=O)NC2CCCC2)c1. The molecule has 1 aliphatic rings. The van der Waals surface area contributed by atoms with Gasteiger partial charge in [0.25, 0.3) is 5.91 Å². The molecule has 3 aromatic rings. The van der Waals surface area contributed by atoms with E-state index in [9.17, 15) is 19.7 Å². The highest BCUT2D eigenvalue weighted by Crippen LogP contribution is 2.31. The van der Waals surface area contributed by atoms with E-state index in [4.69, 9.17) is 14.2 Å². The van der Waals surface area contributed by atoms with Crippen LogP contribution in [0.1, 0.15) is 36.8 Å². The van der Waals surface area contributed by atoms with Crippen molar-refractivity contribution in [1.82, 2.24) is 10.2 Å². The molecule has 2 amide bonds. The zero-order valence-corrected chi connectivity index (χ0v) is 23.3. The minimum absolute atomic E-state index is 0.0195. The maximum Gasteiger partial charge on any atom is 0.311 e. The van der Waals surface area contributed by atoms with E-state index in [2.05, 4.69) is 5.32 Å². The van der Waals surface area contributed by atoms with Gasteiger partial charge in [-0.1, -0.05) is 55.3 Å². The molecule has 10 nitrogen and oxygen atoms in total. The van der Waals surface area contributed by atoms with E-state index in [1.807, 2.05) is 54.6 Å². The van der Waals surface area contributed by atoms with Crippen LogP contribution in [-0.2, 0) is 22.6 Å². The summed E-state index contributed by atoms with van der Waals surface area (Å²) in [5, 5.41) is 14.4. The van der Waals surface area contributed by atoms with Crippen molar-refractivity contribution in [3.05, 3.63) is 94.0 Å². The maximum atomic E-state index is 13.8. The second-order valence-electron chi connectivity index (χ2n) is 9.95. The molecular formula is C31H35N3O7. The first kappa shape index (κ1) is 29.4. The normalized spacial score (nSPS) is 13.7. The van der Waals surface area contributed by atoms with Crippen LogP contribution in [0.25, 0.3) is 0 Å². The molecule has 0 spiro atoms. The fourth-order valence-electron chi connectivity index (χ4n) is 5.02. The predicted molar refractivity (Wildman–Crippen MR) is 153 cm³/mol. The van der Waals surface area contributed by atoms with Gasteiger partial charge in [0.05, 0.1) is 19.1 Å². The highest BCUT2D eigenvalue weighted by atomic mass is 16.6. The molecule has 1 saturated carbocycles. The van der Waals surface area contributed by atoms with E-state index in [1.165, 1.54) is 30.2 Å². The summed E-state index contributed by atoms with van der Waals surface area (Å²) < 4.78 is 16.3. The number of hydrogen-bond acceptors (Lipinski definition) is 7. The van der Waals surface area contributed by atoms with Crippen LogP contribution in [0.3, 0.4) is 0 Å². The molecule has 0 bridgehead atoms. The number of hydrogen-bond donors (Lipinski definition) is 1. The summed E-state index contributed by atoms with van der Waals surface area (Å²) >= 11 is 0. The lowest BCUT2D eigenvalue weighted by molar-refractivity contribution is -0.385. The zero-order valence-electron chi connectivity index (χ0n) is 23.3. The molecule has 1 fully saturated rings. The fraction of sp³-hybridized carbons (Fsp3) is 0.355. The van der Waals surface area contributed by atoms with E-state index >= 15 is 0 Å². The van der Waals surface area contributed by atoms with E-state index in [0.717, 1.165) is 36.8 Å². The van der Waals surface area contributed by atoms with Crippen LogP contribution in [-0.4, -0.2) is 54.5 Å². The molecule has 41 heavy (non-hydrogen) atoms. The van der Waals surface area contributed by atoms with Crippen LogP contribution < -0.4 is 19.5 Å². The van der Waals surface area contributed by atoms with Gasteiger partial charge in [-0.3, -0.25) is 19.7 Å². The fourth-order valence-corrected chi connectivity index (χ4v) is 5.02. The summed E-state index contributed by atoms with van der Waals surface area (Å²) in [6.07, 6.45) is 4.28. The van der Waals surface area contributed by atoms with Gasteiger partial charge in [0.15, 0.2) is 6.61 Å². The average molecular weight is 562 g/mol. The van der Waals surface area contributed by atoms with Crippen LogP contribution in [0.5, 0.6) is 17.2 Å². The molecule has 0 aliphatic heterocycles. The van der Waals surface area contributed by atoms with Crippen molar-refractivity contribution >= 4 is 17.5 Å². The largest absolute Gasteiger partial charge is 0.497 e. The monoisotopic (exact) mass is 561 g/mol. The quantitative estimate of drug-likeness (QED) is 0.237. The van der Waals surface area contributed by atoms with E-state index in [0.29, 0.717) is 12.2 Å². The van der Waals surface area contributed by atoms with Gasteiger partial charge in [0.2, 0.25) is 11.7 Å². The summed E-state index contributed by atoms with van der Waals surface area (Å²) in [5.41, 5.74) is 1.50. The number of ether oxygens (including phenoxy) is 3. The number of carbonyl (C=O) groups excluding carboxylic acids is 2. The van der Waals surface area contributed by atoms with Gasteiger partial charge in [-0.15, -0.1) is 0 Å². The van der Waals surface area contributed by atoms with E-state index in [-0.39, 0.29) is 42.3 Å². The second kappa shape index (κ2) is 14.2. The average Bonchev–Trinajstić information content (AvgIpc) is 3.51. The Morgan fingerprint density at radius 1 is 0.951 bits per heavy atom. The van der Waals surface area contributed by atoms with Crippen LogP contribution in [0.2, 0.25) is 0 Å². The Labute approximate surface area is 239 Å². The first-order valence-electron chi connectivity index (χ1n) is 13.6. The van der Waals surface area contributed by atoms with Crippen molar-refractivity contribution in [2.24, 2.45) is 0 Å². The number of nitrogens with zero attached hydrogens (tertiary/aromatic N) is 2. The highest BCUT2D eigenvalue weighted by Gasteiger charge is 2.32. The predicted octanol–water partition coefficient (Wildman–Crippen LogP) is 4.69. The minimum Gasteiger partial charge on any atom is -0.497 e. The first-order chi connectivity index (χ1) is 19.9. The summed E-state index contributed by atoms with van der Waals surface area (Å²) in [4.78, 5) is 39.8. The van der Waals surface area contributed by atoms with Gasteiger partial charge in [-0.2, -0.15) is 0 Å². The van der Waals surface area contributed by atoms with Gasteiger partial charge in [0, 0.05) is 31.1 Å². The van der Waals surface area contributed by atoms with Crippen molar-refractivity contribution in [2.45, 2.75) is 50.7 Å².